The minimum atomic E-state index is -1.29. The van der Waals surface area contributed by atoms with E-state index in [4.69, 9.17) is 4.74 Å². The second kappa shape index (κ2) is 4.88. The summed E-state index contributed by atoms with van der Waals surface area (Å²) >= 11 is 0. The highest BCUT2D eigenvalue weighted by molar-refractivity contribution is 5.54. The summed E-state index contributed by atoms with van der Waals surface area (Å²) in [5, 5.41) is 0. The van der Waals surface area contributed by atoms with Crippen molar-refractivity contribution in [1.29, 1.82) is 0 Å². The molecule has 0 heterocycles. The van der Waals surface area contributed by atoms with Gasteiger partial charge in [-0.05, 0) is 6.92 Å². The Morgan fingerprint density at radius 2 is 1.75 bits per heavy atom. The van der Waals surface area contributed by atoms with Crippen LogP contribution in [0.5, 0.6) is 5.75 Å². The highest BCUT2D eigenvalue weighted by Gasteiger charge is 2.21. The molecule has 0 saturated heterocycles. The van der Waals surface area contributed by atoms with Crippen LogP contribution in [0.25, 0.3) is 6.08 Å². The molecule has 0 amide bonds. The highest BCUT2D eigenvalue weighted by Crippen LogP contribution is 2.31. The Morgan fingerprint density at radius 1 is 1.12 bits per heavy atom. The van der Waals surface area contributed by atoms with E-state index in [9.17, 15) is 13.2 Å². The summed E-state index contributed by atoms with van der Waals surface area (Å²) in [5.74, 6) is -3.80. The summed E-state index contributed by atoms with van der Waals surface area (Å²) in [6.07, 6.45) is 2.29. The van der Waals surface area contributed by atoms with Crippen LogP contribution in [0.4, 0.5) is 13.2 Å². The van der Waals surface area contributed by atoms with Gasteiger partial charge in [-0.1, -0.05) is 25.3 Å². The van der Waals surface area contributed by atoms with Crippen LogP contribution in [0, 0.1) is 24.4 Å². The summed E-state index contributed by atoms with van der Waals surface area (Å²) in [4.78, 5) is 0. The lowest BCUT2D eigenvalue weighted by molar-refractivity contribution is 0.325. The molecule has 1 aromatic carbocycles. The van der Waals surface area contributed by atoms with Gasteiger partial charge in [0.25, 0.3) is 0 Å². The van der Waals surface area contributed by atoms with Crippen molar-refractivity contribution >= 4 is 6.08 Å². The quantitative estimate of drug-likeness (QED) is 0.565. The standard InChI is InChI=1S/C12H11F3O/c1-4-6-16-12-7(3)9(13)8(5-2)10(14)11(12)15/h4-5H,1-2,6H2,3H3. The lowest BCUT2D eigenvalue weighted by atomic mass is 10.1. The molecule has 16 heavy (non-hydrogen) atoms. The second-order valence-corrected chi connectivity index (χ2v) is 3.11. The Labute approximate surface area is 91.9 Å². The van der Waals surface area contributed by atoms with Gasteiger partial charge in [-0.3, -0.25) is 0 Å². The summed E-state index contributed by atoms with van der Waals surface area (Å²) in [5.41, 5.74) is -0.573. The monoisotopic (exact) mass is 228 g/mol. The Kier molecular flexibility index (Phi) is 3.77. The summed E-state index contributed by atoms with van der Waals surface area (Å²) < 4.78 is 45.2. The fourth-order valence-corrected chi connectivity index (χ4v) is 1.27. The fraction of sp³-hybridized carbons (Fsp3) is 0.167. The van der Waals surface area contributed by atoms with Crippen molar-refractivity contribution in [3.63, 3.8) is 0 Å². The Bertz CT molecular complexity index is 409. The zero-order chi connectivity index (χ0) is 12.3. The molecule has 0 aliphatic heterocycles. The fourth-order valence-electron chi connectivity index (χ4n) is 1.27. The van der Waals surface area contributed by atoms with E-state index < -0.39 is 28.8 Å². The molecule has 1 nitrogen and oxygen atoms in total. The average Bonchev–Trinajstić information content (AvgIpc) is 2.27. The third kappa shape index (κ3) is 1.96. The van der Waals surface area contributed by atoms with Crippen molar-refractivity contribution in [2.24, 2.45) is 0 Å². The van der Waals surface area contributed by atoms with Gasteiger partial charge in [-0.15, -0.1) is 0 Å². The molecule has 0 radical (unpaired) electrons. The van der Waals surface area contributed by atoms with Crippen LogP contribution in [-0.4, -0.2) is 6.61 Å². The van der Waals surface area contributed by atoms with Crippen molar-refractivity contribution in [2.45, 2.75) is 6.92 Å². The van der Waals surface area contributed by atoms with Gasteiger partial charge in [0, 0.05) is 11.1 Å². The first kappa shape index (κ1) is 12.4. The number of rotatable bonds is 4. The van der Waals surface area contributed by atoms with Crippen molar-refractivity contribution < 1.29 is 17.9 Å². The van der Waals surface area contributed by atoms with E-state index in [2.05, 4.69) is 13.2 Å². The van der Waals surface area contributed by atoms with Gasteiger partial charge in [0.05, 0.1) is 0 Å². The first-order valence-corrected chi connectivity index (χ1v) is 4.57. The number of hydrogen-bond donors (Lipinski definition) is 0. The van der Waals surface area contributed by atoms with Crippen molar-refractivity contribution in [2.75, 3.05) is 6.61 Å². The molecular weight excluding hydrogens is 217 g/mol. The van der Waals surface area contributed by atoms with E-state index in [1.807, 2.05) is 0 Å². The Balaban J connectivity index is 3.40. The maximum Gasteiger partial charge on any atom is 0.201 e. The lowest BCUT2D eigenvalue weighted by Gasteiger charge is -2.12. The molecule has 86 valence electrons. The van der Waals surface area contributed by atoms with Crippen molar-refractivity contribution in [3.05, 3.63) is 47.8 Å². The molecule has 1 rings (SSSR count). The minimum Gasteiger partial charge on any atom is -0.486 e. The maximum atomic E-state index is 13.5. The summed E-state index contributed by atoms with van der Waals surface area (Å²) in [7, 11) is 0. The predicted octanol–water partition coefficient (Wildman–Crippen LogP) is 3.62. The third-order valence-corrected chi connectivity index (χ3v) is 2.08. The van der Waals surface area contributed by atoms with Crippen LogP contribution in [0.15, 0.2) is 19.2 Å². The lowest BCUT2D eigenvalue weighted by Crippen LogP contribution is -2.05. The molecule has 0 unspecified atom stereocenters. The third-order valence-electron chi connectivity index (χ3n) is 2.08. The van der Waals surface area contributed by atoms with Crippen LogP contribution < -0.4 is 4.74 Å². The Morgan fingerprint density at radius 3 is 2.25 bits per heavy atom. The molecule has 1 aromatic rings. The van der Waals surface area contributed by atoms with Gasteiger partial charge in [0.2, 0.25) is 5.82 Å². The SMILES string of the molecule is C=CCOc1c(C)c(F)c(C=C)c(F)c1F. The molecule has 0 spiro atoms. The summed E-state index contributed by atoms with van der Waals surface area (Å²) in [6, 6.07) is 0. The summed E-state index contributed by atoms with van der Waals surface area (Å²) in [6.45, 7) is 7.87. The van der Waals surface area contributed by atoms with Crippen LogP contribution in [0.2, 0.25) is 0 Å². The second-order valence-electron chi connectivity index (χ2n) is 3.11. The zero-order valence-electron chi connectivity index (χ0n) is 8.82. The zero-order valence-corrected chi connectivity index (χ0v) is 8.82. The van der Waals surface area contributed by atoms with E-state index in [0.717, 1.165) is 6.08 Å². The first-order valence-electron chi connectivity index (χ1n) is 4.57. The van der Waals surface area contributed by atoms with E-state index in [-0.39, 0.29) is 12.2 Å². The van der Waals surface area contributed by atoms with Gasteiger partial charge in [0.1, 0.15) is 12.4 Å². The molecule has 0 saturated carbocycles. The molecule has 4 heteroatoms. The molecule has 0 N–H and O–H groups in total. The molecule has 0 atom stereocenters. The van der Waals surface area contributed by atoms with Crippen LogP contribution in [0.1, 0.15) is 11.1 Å². The van der Waals surface area contributed by atoms with Crippen LogP contribution in [0.3, 0.4) is 0 Å². The Hall–Kier alpha value is -1.71. The minimum absolute atomic E-state index is 0.0237. The number of halogens is 3. The number of ether oxygens (including phenoxy) is 1. The normalized spacial score (nSPS) is 10.0. The van der Waals surface area contributed by atoms with E-state index in [1.165, 1.54) is 13.0 Å². The molecule has 0 fully saturated rings. The largest absolute Gasteiger partial charge is 0.486 e. The molecule has 0 aliphatic rings. The molecular formula is C12H11F3O. The van der Waals surface area contributed by atoms with Gasteiger partial charge < -0.3 is 4.74 Å². The van der Waals surface area contributed by atoms with Gasteiger partial charge in [-0.2, -0.15) is 4.39 Å². The van der Waals surface area contributed by atoms with E-state index in [1.54, 1.807) is 0 Å². The highest BCUT2D eigenvalue weighted by atomic mass is 19.2. The van der Waals surface area contributed by atoms with Gasteiger partial charge in [0.15, 0.2) is 11.6 Å². The predicted molar refractivity (Wildman–Crippen MR) is 56.8 cm³/mol. The molecule has 0 aromatic heterocycles. The van der Waals surface area contributed by atoms with Gasteiger partial charge >= 0.3 is 0 Å². The smallest absolute Gasteiger partial charge is 0.201 e. The average molecular weight is 228 g/mol. The van der Waals surface area contributed by atoms with Crippen molar-refractivity contribution in [3.8, 4) is 5.75 Å². The van der Waals surface area contributed by atoms with Crippen LogP contribution >= 0.6 is 0 Å². The topological polar surface area (TPSA) is 9.23 Å². The number of hydrogen-bond acceptors (Lipinski definition) is 1. The maximum absolute atomic E-state index is 13.5. The molecule has 0 bridgehead atoms. The molecule has 0 aliphatic carbocycles. The van der Waals surface area contributed by atoms with Gasteiger partial charge in [-0.25, -0.2) is 8.78 Å². The number of benzene rings is 1. The van der Waals surface area contributed by atoms with E-state index in [0.29, 0.717) is 0 Å². The van der Waals surface area contributed by atoms with Crippen molar-refractivity contribution in [1.82, 2.24) is 0 Å². The van der Waals surface area contributed by atoms with E-state index >= 15 is 0 Å². The first-order chi connectivity index (χ1) is 7.54. The van der Waals surface area contributed by atoms with Crippen LogP contribution in [-0.2, 0) is 0 Å².